The van der Waals surface area contributed by atoms with Gasteiger partial charge in [0.15, 0.2) is 11.0 Å². The highest BCUT2D eigenvalue weighted by atomic mass is 79.9. The van der Waals surface area contributed by atoms with E-state index in [0.717, 1.165) is 4.47 Å². The summed E-state index contributed by atoms with van der Waals surface area (Å²) in [5, 5.41) is 15.6. The molecule has 0 aliphatic heterocycles. The molecule has 1 atom stereocenters. The van der Waals surface area contributed by atoms with Crippen LogP contribution in [0.1, 0.15) is 36.1 Å². The number of nitrogens with one attached hydrogen (secondary N) is 2. The number of carbonyl (C=O) groups is 2. The van der Waals surface area contributed by atoms with Crippen LogP contribution in [0.15, 0.2) is 52.1 Å². The highest BCUT2D eigenvalue weighted by Gasteiger charge is 2.26. The van der Waals surface area contributed by atoms with Crippen molar-refractivity contribution in [1.82, 2.24) is 20.1 Å². The van der Waals surface area contributed by atoms with E-state index in [0.29, 0.717) is 27.3 Å². The maximum Gasteiger partial charge on any atom is 0.253 e. The molecule has 0 spiro atoms. The van der Waals surface area contributed by atoms with Crippen LogP contribution in [0, 0.1) is 5.92 Å². The number of aromatic nitrogens is 3. The van der Waals surface area contributed by atoms with Gasteiger partial charge in [-0.05, 0) is 48.4 Å². The minimum atomic E-state index is -0.410. The third kappa shape index (κ3) is 6.72. The number of hydrogen-bond donors (Lipinski definition) is 2. The van der Waals surface area contributed by atoms with Crippen LogP contribution in [0.3, 0.4) is 0 Å². The zero-order valence-corrected chi connectivity index (χ0v) is 22.0. The number of nitrogens with zero attached hydrogens (tertiary/aromatic N) is 3. The number of benzene rings is 2. The Morgan fingerprint density at radius 2 is 1.82 bits per heavy atom. The van der Waals surface area contributed by atoms with Gasteiger partial charge >= 0.3 is 0 Å². The molecule has 1 heterocycles. The summed E-state index contributed by atoms with van der Waals surface area (Å²) in [5.41, 5.74) is 1.04. The van der Waals surface area contributed by atoms with E-state index < -0.39 is 6.04 Å². The Kier molecular flexibility index (Phi) is 8.81. The Labute approximate surface area is 214 Å². The first-order valence-corrected chi connectivity index (χ1v) is 12.5. The molecule has 0 radical (unpaired) electrons. The average Bonchev–Trinajstić information content (AvgIpc) is 3.11. The molecule has 1 aromatic heterocycles. The van der Waals surface area contributed by atoms with E-state index in [9.17, 15) is 9.59 Å². The fraction of sp³-hybridized carbons (Fsp3) is 0.273. The first kappa shape index (κ1) is 25.6. The van der Waals surface area contributed by atoms with Crippen molar-refractivity contribution in [3.63, 3.8) is 0 Å². The van der Waals surface area contributed by atoms with Gasteiger partial charge < -0.3 is 15.2 Å². The summed E-state index contributed by atoms with van der Waals surface area (Å²) in [5.74, 6) is 0.293. The molecule has 0 aliphatic rings. The van der Waals surface area contributed by atoms with Gasteiger partial charge in [-0.25, -0.2) is 0 Å². The van der Waals surface area contributed by atoms with Gasteiger partial charge in [-0.15, -0.1) is 10.2 Å². The summed E-state index contributed by atoms with van der Waals surface area (Å²) in [6, 6.07) is 11.7. The summed E-state index contributed by atoms with van der Waals surface area (Å²) in [6.45, 7) is 3.95. The normalized spacial score (nSPS) is 12.0. The van der Waals surface area contributed by atoms with E-state index in [4.69, 9.17) is 23.2 Å². The molecule has 3 rings (SSSR count). The van der Waals surface area contributed by atoms with E-state index in [1.807, 2.05) is 38.1 Å². The van der Waals surface area contributed by atoms with Crippen molar-refractivity contribution in [1.29, 1.82) is 0 Å². The number of halogens is 3. The largest absolute Gasteiger partial charge is 0.342 e. The van der Waals surface area contributed by atoms with Crippen molar-refractivity contribution in [3.8, 4) is 0 Å². The predicted molar refractivity (Wildman–Crippen MR) is 136 cm³/mol. The minimum Gasteiger partial charge on any atom is -0.342 e. The molecule has 33 heavy (non-hydrogen) atoms. The smallest absolute Gasteiger partial charge is 0.253 e. The van der Waals surface area contributed by atoms with Crippen LogP contribution in [0.25, 0.3) is 0 Å². The molecule has 174 valence electrons. The molecule has 0 bridgehead atoms. The van der Waals surface area contributed by atoms with Crippen LogP contribution >= 0.6 is 50.9 Å². The lowest BCUT2D eigenvalue weighted by Gasteiger charge is -2.22. The molecule has 2 aromatic carbocycles. The summed E-state index contributed by atoms with van der Waals surface area (Å²) in [4.78, 5) is 25.1. The topological polar surface area (TPSA) is 88.9 Å². The Hall–Kier alpha value is -2.07. The second kappa shape index (κ2) is 11.4. The molecular formula is C22H22BrCl2N5O2S. The van der Waals surface area contributed by atoms with E-state index in [1.54, 1.807) is 23.7 Å². The van der Waals surface area contributed by atoms with Crippen LogP contribution in [0.5, 0.6) is 0 Å². The Morgan fingerprint density at radius 1 is 1.12 bits per heavy atom. The molecule has 0 unspecified atom stereocenters. The van der Waals surface area contributed by atoms with Gasteiger partial charge in [-0.1, -0.05) is 64.7 Å². The summed E-state index contributed by atoms with van der Waals surface area (Å²) in [6.07, 6.45) is 0. The number of anilines is 1. The Balaban J connectivity index is 1.67. The zero-order chi connectivity index (χ0) is 24.1. The number of hydrogen-bond acceptors (Lipinski definition) is 5. The van der Waals surface area contributed by atoms with Gasteiger partial charge in [0.2, 0.25) is 5.91 Å². The van der Waals surface area contributed by atoms with Crippen molar-refractivity contribution < 1.29 is 9.59 Å². The zero-order valence-electron chi connectivity index (χ0n) is 18.1. The fourth-order valence-electron chi connectivity index (χ4n) is 3.01. The molecule has 0 saturated carbocycles. The Bertz CT molecular complexity index is 1150. The number of rotatable bonds is 8. The minimum absolute atomic E-state index is 0.0291. The third-order valence-electron chi connectivity index (χ3n) is 4.74. The van der Waals surface area contributed by atoms with Crippen molar-refractivity contribution in [2.45, 2.75) is 25.0 Å². The van der Waals surface area contributed by atoms with Gasteiger partial charge in [0.05, 0.1) is 22.4 Å². The second-order valence-electron chi connectivity index (χ2n) is 7.56. The first-order valence-electron chi connectivity index (χ1n) is 9.99. The van der Waals surface area contributed by atoms with Gasteiger partial charge in [0, 0.05) is 22.2 Å². The predicted octanol–water partition coefficient (Wildman–Crippen LogP) is 5.74. The molecule has 3 aromatic rings. The monoisotopic (exact) mass is 569 g/mol. The molecule has 2 amide bonds. The van der Waals surface area contributed by atoms with Gasteiger partial charge in [0.1, 0.15) is 0 Å². The molecule has 2 N–H and O–H groups in total. The Morgan fingerprint density at radius 3 is 2.45 bits per heavy atom. The molecule has 7 nitrogen and oxygen atoms in total. The van der Waals surface area contributed by atoms with Crippen molar-refractivity contribution >= 4 is 68.4 Å². The lowest BCUT2D eigenvalue weighted by Crippen LogP contribution is -2.33. The van der Waals surface area contributed by atoms with Crippen molar-refractivity contribution in [2.24, 2.45) is 13.0 Å². The van der Waals surface area contributed by atoms with Crippen LogP contribution < -0.4 is 10.6 Å². The quantitative estimate of drug-likeness (QED) is 0.337. The molecule has 0 fully saturated rings. The first-order chi connectivity index (χ1) is 15.7. The molecule has 0 aliphatic carbocycles. The lowest BCUT2D eigenvalue weighted by atomic mass is 10.0. The van der Waals surface area contributed by atoms with Crippen molar-refractivity contribution in [3.05, 3.63) is 68.4 Å². The highest BCUT2D eigenvalue weighted by Crippen LogP contribution is 2.26. The molecule has 0 saturated heterocycles. The van der Waals surface area contributed by atoms with Crippen LogP contribution in [-0.4, -0.2) is 32.3 Å². The van der Waals surface area contributed by atoms with Gasteiger partial charge in [-0.3, -0.25) is 9.59 Å². The van der Waals surface area contributed by atoms with E-state index >= 15 is 0 Å². The summed E-state index contributed by atoms with van der Waals surface area (Å²) >= 11 is 16.7. The SMILES string of the molecule is CC(C)[C@@H](NC(=O)c1ccc(Cl)cc1Cl)c1nnc(SCC(=O)Nc2ccc(Br)cc2)n1C. The maximum atomic E-state index is 12.8. The average molecular weight is 571 g/mol. The number of amides is 2. The van der Waals surface area contributed by atoms with Crippen LogP contribution in [0.4, 0.5) is 5.69 Å². The van der Waals surface area contributed by atoms with Gasteiger partial charge in [-0.2, -0.15) is 0 Å². The number of thioether (sulfide) groups is 1. The fourth-order valence-corrected chi connectivity index (χ4v) is 4.48. The molecule has 11 heteroatoms. The summed E-state index contributed by atoms with van der Waals surface area (Å²) in [7, 11) is 1.81. The second-order valence-corrected chi connectivity index (χ2v) is 10.3. The highest BCUT2D eigenvalue weighted by molar-refractivity contribution is 9.10. The third-order valence-corrected chi connectivity index (χ3v) is 6.83. The van der Waals surface area contributed by atoms with E-state index in [1.165, 1.54) is 17.8 Å². The summed E-state index contributed by atoms with van der Waals surface area (Å²) < 4.78 is 2.72. The van der Waals surface area contributed by atoms with Gasteiger partial charge in [0.25, 0.3) is 5.91 Å². The van der Waals surface area contributed by atoms with Crippen molar-refractivity contribution in [2.75, 3.05) is 11.1 Å². The van der Waals surface area contributed by atoms with Crippen LogP contribution in [0.2, 0.25) is 10.0 Å². The lowest BCUT2D eigenvalue weighted by molar-refractivity contribution is -0.113. The molecular weight excluding hydrogens is 549 g/mol. The standard InChI is InChI=1S/C22H22BrCl2N5O2S/c1-12(2)19(27-21(32)16-9-6-14(24)10-17(16)25)20-28-29-22(30(20)3)33-11-18(31)26-15-7-4-13(23)5-8-15/h4-10,12,19H,11H2,1-3H3,(H,26,31)(H,27,32)/t19-/m1/s1. The van der Waals surface area contributed by atoms with Crippen LogP contribution in [-0.2, 0) is 11.8 Å². The van der Waals surface area contributed by atoms with E-state index in [-0.39, 0.29) is 28.5 Å². The maximum absolute atomic E-state index is 12.8. The number of carbonyl (C=O) groups excluding carboxylic acids is 2. The van der Waals surface area contributed by atoms with E-state index in [2.05, 4.69) is 36.8 Å².